The van der Waals surface area contributed by atoms with Gasteiger partial charge in [-0.05, 0) is 20.8 Å². The Morgan fingerprint density at radius 2 is 1.95 bits per heavy atom. The van der Waals surface area contributed by atoms with E-state index >= 15 is 0 Å². The first kappa shape index (κ1) is 13.3. The molecule has 2 heterocycles. The Bertz CT molecular complexity index is 381. The highest BCUT2D eigenvalue weighted by Gasteiger charge is 2.70. The summed E-state index contributed by atoms with van der Waals surface area (Å²) in [6.07, 6.45) is -1.18. The number of fused-ring (bicyclic) bond motifs is 3. The van der Waals surface area contributed by atoms with Crippen LogP contribution in [0, 0.1) is 11.8 Å². The molecular weight excluding hydrogens is 252 g/mol. The zero-order valence-corrected chi connectivity index (χ0v) is 11.4. The van der Waals surface area contributed by atoms with Gasteiger partial charge < -0.3 is 24.1 Å². The number of carbonyl (C=O) groups is 1. The first-order valence-electron chi connectivity index (χ1n) is 6.77. The fraction of sp³-hybridized carbons (Fsp3) is 0.923. The average Bonchev–Trinajstić information content (AvgIpc) is 2.97. The van der Waals surface area contributed by atoms with E-state index in [1.54, 1.807) is 6.92 Å². The van der Waals surface area contributed by atoms with Crippen LogP contribution < -0.4 is 0 Å². The van der Waals surface area contributed by atoms with Crippen molar-refractivity contribution in [3.63, 3.8) is 0 Å². The molecule has 3 rings (SSSR count). The van der Waals surface area contributed by atoms with Gasteiger partial charge >= 0.3 is 5.97 Å². The van der Waals surface area contributed by atoms with E-state index in [-0.39, 0.29) is 42.7 Å². The molecule has 3 fully saturated rings. The molecule has 3 unspecified atom stereocenters. The highest BCUT2D eigenvalue weighted by Crippen LogP contribution is 2.55. The number of carbonyl (C=O) groups excluding carboxylic acids is 1. The van der Waals surface area contributed by atoms with Gasteiger partial charge in [0.1, 0.15) is 12.2 Å². The molecule has 6 atom stereocenters. The number of aliphatic hydroxyl groups excluding tert-OH is 1. The SMILES string of the molecule is CCOC(=O)C1C2O[C@H](CO)[C@H]3OC(C)(C)O[C@@H]3C21. The number of hydrogen-bond donors (Lipinski definition) is 1. The fourth-order valence-corrected chi connectivity index (χ4v) is 3.23. The van der Waals surface area contributed by atoms with Crippen LogP contribution in [0.25, 0.3) is 0 Å². The van der Waals surface area contributed by atoms with Crippen LogP contribution in [0.5, 0.6) is 0 Å². The number of hydrogen-bond acceptors (Lipinski definition) is 6. The minimum atomic E-state index is -0.706. The Kier molecular flexibility index (Phi) is 3.09. The lowest BCUT2D eigenvalue weighted by atomic mass is 10.0. The minimum Gasteiger partial charge on any atom is -0.466 e. The maximum absolute atomic E-state index is 11.9. The smallest absolute Gasteiger partial charge is 0.312 e. The van der Waals surface area contributed by atoms with E-state index in [1.807, 2.05) is 13.8 Å². The van der Waals surface area contributed by atoms with Crippen molar-refractivity contribution in [2.24, 2.45) is 11.8 Å². The number of esters is 1. The molecule has 19 heavy (non-hydrogen) atoms. The summed E-state index contributed by atoms with van der Waals surface area (Å²) in [6, 6.07) is 0. The zero-order valence-electron chi connectivity index (χ0n) is 11.4. The summed E-state index contributed by atoms with van der Waals surface area (Å²) < 4.78 is 22.4. The Balaban J connectivity index is 1.77. The lowest BCUT2D eigenvalue weighted by Gasteiger charge is -2.29. The van der Waals surface area contributed by atoms with E-state index in [4.69, 9.17) is 18.9 Å². The highest BCUT2D eigenvalue weighted by molar-refractivity contribution is 5.77. The summed E-state index contributed by atoms with van der Waals surface area (Å²) in [6.45, 7) is 5.66. The molecule has 0 aromatic carbocycles. The van der Waals surface area contributed by atoms with Gasteiger partial charge in [-0.2, -0.15) is 0 Å². The van der Waals surface area contributed by atoms with Gasteiger partial charge in [0.25, 0.3) is 0 Å². The molecule has 1 aliphatic carbocycles. The zero-order chi connectivity index (χ0) is 13.8. The summed E-state index contributed by atoms with van der Waals surface area (Å²) in [5.74, 6) is -1.26. The first-order valence-corrected chi connectivity index (χ1v) is 6.77. The molecule has 0 amide bonds. The van der Waals surface area contributed by atoms with Crippen molar-refractivity contribution in [2.45, 2.75) is 51.0 Å². The summed E-state index contributed by atoms with van der Waals surface area (Å²) in [7, 11) is 0. The summed E-state index contributed by atoms with van der Waals surface area (Å²) in [4.78, 5) is 11.9. The van der Waals surface area contributed by atoms with E-state index < -0.39 is 11.9 Å². The normalized spacial score (nSPS) is 46.3. The molecule has 0 radical (unpaired) electrons. The number of rotatable bonds is 3. The maximum Gasteiger partial charge on any atom is 0.312 e. The van der Waals surface area contributed by atoms with Gasteiger partial charge in [-0.25, -0.2) is 0 Å². The van der Waals surface area contributed by atoms with Gasteiger partial charge in [-0.1, -0.05) is 0 Å². The monoisotopic (exact) mass is 272 g/mol. The topological polar surface area (TPSA) is 74.2 Å². The fourth-order valence-electron chi connectivity index (χ4n) is 3.23. The molecule has 2 aliphatic heterocycles. The predicted octanol–water partition coefficient (Wildman–Crippen LogP) is 0.0753. The number of aliphatic hydroxyl groups is 1. The molecule has 3 aliphatic rings. The van der Waals surface area contributed by atoms with Crippen molar-refractivity contribution in [1.29, 1.82) is 0 Å². The first-order chi connectivity index (χ1) is 8.98. The Morgan fingerprint density at radius 3 is 2.58 bits per heavy atom. The summed E-state index contributed by atoms with van der Waals surface area (Å²) in [5, 5.41) is 9.40. The highest BCUT2D eigenvalue weighted by atomic mass is 16.8. The van der Waals surface area contributed by atoms with E-state index in [0.29, 0.717) is 6.61 Å². The quantitative estimate of drug-likeness (QED) is 0.733. The summed E-state index contributed by atoms with van der Waals surface area (Å²) in [5.41, 5.74) is 0. The van der Waals surface area contributed by atoms with E-state index in [0.717, 1.165) is 0 Å². The van der Waals surface area contributed by atoms with Gasteiger partial charge in [-0.15, -0.1) is 0 Å². The van der Waals surface area contributed by atoms with E-state index in [1.165, 1.54) is 0 Å². The average molecular weight is 272 g/mol. The third kappa shape index (κ3) is 2.07. The van der Waals surface area contributed by atoms with Crippen LogP contribution in [0.4, 0.5) is 0 Å². The van der Waals surface area contributed by atoms with Gasteiger partial charge in [0.05, 0.1) is 31.3 Å². The van der Waals surface area contributed by atoms with Crippen LogP contribution in [0.1, 0.15) is 20.8 Å². The maximum atomic E-state index is 11.9. The molecule has 0 bridgehead atoms. The molecular formula is C13H20O6. The second-order valence-electron chi connectivity index (χ2n) is 5.74. The molecule has 108 valence electrons. The Hall–Kier alpha value is -0.690. The molecule has 2 saturated heterocycles. The van der Waals surface area contributed by atoms with Crippen LogP contribution in [0.2, 0.25) is 0 Å². The van der Waals surface area contributed by atoms with E-state index in [2.05, 4.69) is 0 Å². The van der Waals surface area contributed by atoms with E-state index in [9.17, 15) is 9.90 Å². The van der Waals surface area contributed by atoms with Crippen LogP contribution in [0.3, 0.4) is 0 Å². The third-order valence-corrected chi connectivity index (χ3v) is 3.99. The van der Waals surface area contributed by atoms with Crippen molar-refractivity contribution < 1.29 is 28.8 Å². The lowest BCUT2D eigenvalue weighted by molar-refractivity contribution is -0.164. The largest absolute Gasteiger partial charge is 0.466 e. The third-order valence-electron chi connectivity index (χ3n) is 3.99. The molecule has 0 aromatic rings. The second-order valence-corrected chi connectivity index (χ2v) is 5.74. The molecule has 6 nitrogen and oxygen atoms in total. The lowest BCUT2D eigenvalue weighted by Crippen LogP contribution is -2.45. The van der Waals surface area contributed by atoms with Crippen molar-refractivity contribution in [2.75, 3.05) is 13.2 Å². The van der Waals surface area contributed by atoms with Crippen LogP contribution in [0.15, 0.2) is 0 Å². The molecule has 1 N–H and O–H groups in total. The van der Waals surface area contributed by atoms with Gasteiger partial charge in [0, 0.05) is 5.92 Å². The van der Waals surface area contributed by atoms with Crippen LogP contribution >= 0.6 is 0 Å². The minimum absolute atomic E-state index is 0.0198. The second kappa shape index (κ2) is 4.41. The standard InChI is InChI=1S/C13H20O6/c1-4-16-12(15)8-7-10(8)17-6(5-14)9-11(7)19-13(2,3)18-9/h6-11,14H,4-5H2,1-3H3/t6-,7?,8?,9-,10?,11-/m1/s1. The van der Waals surface area contributed by atoms with Crippen molar-refractivity contribution in [3.8, 4) is 0 Å². The molecule has 6 heteroatoms. The predicted molar refractivity (Wildman–Crippen MR) is 63.2 cm³/mol. The molecule has 1 saturated carbocycles. The van der Waals surface area contributed by atoms with Crippen molar-refractivity contribution >= 4 is 5.97 Å². The van der Waals surface area contributed by atoms with Crippen LogP contribution in [-0.2, 0) is 23.7 Å². The van der Waals surface area contributed by atoms with Gasteiger partial charge in [0.15, 0.2) is 5.79 Å². The van der Waals surface area contributed by atoms with Gasteiger partial charge in [-0.3, -0.25) is 4.79 Å². The Morgan fingerprint density at radius 1 is 1.26 bits per heavy atom. The van der Waals surface area contributed by atoms with Crippen molar-refractivity contribution in [3.05, 3.63) is 0 Å². The summed E-state index contributed by atoms with van der Waals surface area (Å²) >= 11 is 0. The number of ether oxygens (including phenoxy) is 4. The van der Waals surface area contributed by atoms with Crippen molar-refractivity contribution in [1.82, 2.24) is 0 Å². The molecule has 0 aromatic heterocycles. The Labute approximate surface area is 112 Å². The molecule has 0 spiro atoms. The van der Waals surface area contributed by atoms with Crippen LogP contribution in [-0.4, -0.2) is 54.5 Å². The van der Waals surface area contributed by atoms with Gasteiger partial charge in [0.2, 0.25) is 0 Å².